The van der Waals surface area contributed by atoms with Crippen molar-refractivity contribution in [1.82, 2.24) is 4.90 Å². The van der Waals surface area contributed by atoms with Crippen molar-refractivity contribution >= 4 is 9.84 Å². The fourth-order valence-electron chi connectivity index (χ4n) is 4.01. The number of benzene rings is 3. The van der Waals surface area contributed by atoms with E-state index in [9.17, 15) is 8.42 Å². The second kappa shape index (κ2) is 7.29. The second-order valence-electron chi connectivity index (χ2n) is 7.12. The molecule has 1 unspecified atom stereocenters. The quantitative estimate of drug-likeness (QED) is 0.667. The summed E-state index contributed by atoms with van der Waals surface area (Å²) in [7, 11) is -3.52. The minimum Gasteiger partial charge on any atom is -0.297 e. The molecular weight excluding hydrogens is 354 g/mol. The van der Waals surface area contributed by atoms with Crippen LogP contribution in [0.1, 0.15) is 17.5 Å². The zero-order valence-corrected chi connectivity index (χ0v) is 16.0. The average Bonchev–Trinajstić information content (AvgIpc) is 3.16. The third kappa shape index (κ3) is 3.31. The molecule has 0 saturated carbocycles. The van der Waals surface area contributed by atoms with Crippen molar-refractivity contribution in [1.29, 1.82) is 0 Å². The lowest BCUT2D eigenvalue weighted by atomic mass is 9.97. The maximum absolute atomic E-state index is 13.7. The topological polar surface area (TPSA) is 37.4 Å². The zero-order chi connectivity index (χ0) is 18.7. The first-order valence-electron chi connectivity index (χ1n) is 9.23. The molecule has 3 aromatic rings. The summed E-state index contributed by atoms with van der Waals surface area (Å²) < 4.78 is 26.5. The summed E-state index contributed by atoms with van der Waals surface area (Å²) >= 11 is 0. The molecule has 4 rings (SSSR count). The molecule has 1 atom stereocenters. The van der Waals surface area contributed by atoms with Crippen LogP contribution in [-0.4, -0.2) is 26.4 Å². The molecule has 0 bridgehead atoms. The van der Waals surface area contributed by atoms with Crippen LogP contribution in [0.5, 0.6) is 0 Å². The fraction of sp³-hybridized carbons (Fsp3) is 0.217. The van der Waals surface area contributed by atoms with E-state index in [2.05, 4.69) is 17.0 Å². The Morgan fingerprint density at radius 2 is 1.33 bits per heavy atom. The van der Waals surface area contributed by atoms with Crippen LogP contribution >= 0.6 is 0 Å². The SMILES string of the molecule is O=S(=O)(c1ccccc1)C1(c2ccccc2)CCN(Cc2ccccc2)C1. The molecule has 1 aliphatic heterocycles. The Hall–Kier alpha value is -2.43. The van der Waals surface area contributed by atoms with Gasteiger partial charge in [-0.2, -0.15) is 0 Å². The normalized spacial score (nSPS) is 20.6. The highest BCUT2D eigenvalue weighted by atomic mass is 32.2. The average molecular weight is 378 g/mol. The van der Waals surface area contributed by atoms with E-state index in [1.54, 1.807) is 24.3 Å². The fourth-order valence-corrected chi connectivity index (χ4v) is 6.14. The van der Waals surface area contributed by atoms with Gasteiger partial charge in [0.1, 0.15) is 4.75 Å². The molecule has 0 aromatic heterocycles. The number of rotatable bonds is 5. The van der Waals surface area contributed by atoms with Gasteiger partial charge in [0, 0.05) is 19.6 Å². The summed E-state index contributed by atoms with van der Waals surface area (Å²) in [5, 5.41) is 0. The van der Waals surface area contributed by atoms with E-state index in [1.807, 2.05) is 54.6 Å². The molecule has 0 N–H and O–H groups in total. The first-order chi connectivity index (χ1) is 13.1. The van der Waals surface area contributed by atoms with Crippen molar-refractivity contribution in [3.63, 3.8) is 0 Å². The van der Waals surface area contributed by atoms with Gasteiger partial charge in [-0.05, 0) is 29.7 Å². The first-order valence-corrected chi connectivity index (χ1v) is 10.7. The maximum Gasteiger partial charge on any atom is 0.189 e. The number of sulfone groups is 1. The lowest BCUT2D eigenvalue weighted by Crippen LogP contribution is -2.39. The Morgan fingerprint density at radius 1 is 0.778 bits per heavy atom. The summed E-state index contributed by atoms with van der Waals surface area (Å²) in [5.74, 6) is 0. The van der Waals surface area contributed by atoms with E-state index in [0.717, 1.165) is 18.7 Å². The van der Waals surface area contributed by atoms with Crippen LogP contribution in [0, 0.1) is 0 Å². The van der Waals surface area contributed by atoms with Crippen molar-refractivity contribution in [3.05, 3.63) is 102 Å². The predicted octanol–water partition coefficient (Wildman–Crippen LogP) is 4.26. The smallest absolute Gasteiger partial charge is 0.189 e. The molecule has 4 heteroatoms. The van der Waals surface area contributed by atoms with Gasteiger partial charge in [0.15, 0.2) is 9.84 Å². The molecule has 1 aliphatic rings. The molecule has 0 radical (unpaired) electrons. The van der Waals surface area contributed by atoms with E-state index >= 15 is 0 Å². The molecule has 1 heterocycles. The van der Waals surface area contributed by atoms with Crippen molar-refractivity contribution in [2.75, 3.05) is 13.1 Å². The lowest BCUT2D eigenvalue weighted by Gasteiger charge is -2.30. The highest BCUT2D eigenvalue weighted by Crippen LogP contribution is 2.43. The van der Waals surface area contributed by atoms with Gasteiger partial charge in [-0.15, -0.1) is 0 Å². The Bertz CT molecular complexity index is 988. The van der Waals surface area contributed by atoms with Gasteiger partial charge in [0.05, 0.1) is 4.90 Å². The lowest BCUT2D eigenvalue weighted by molar-refractivity contribution is 0.320. The molecule has 1 fully saturated rings. The van der Waals surface area contributed by atoms with Gasteiger partial charge in [0.2, 0.25) is 0 Å². The van der Waals surface area contributed by atoms with Crippen molar-refractivity contribution in [2.24, 2.45) is 0 Å². The van der Waals surface area contributed by atoms with E-state index in [-0.39, 0.29) is 0 Å². The van der Waals surface area contributed by atoms with Gasteiger partial charge in [-0.25, -0.2) is 8.42 Å². The predicted molar refractivity (Wildman–Crippen MR) is 108 cm³/mol. The molecular formula is C23H23NO2S. The maximum atomic E-state index is 13.7. The van der Waals surface area contributed by atoms with Crippen LogP contribution in [0.25, 0.3) is 0 Å². The van der Waals surface area contributed by atoms with Crippen LogP contribution in [0.15, 0.2) is 95.9 Å². The second-order valence-corrected chi connectivity index (χ2v) is 9.38. The monoisotopic (exact) mass is 377 g/mol. The zero-order valence-electron chi connectivity index (χ0n) is 15.2. The first kappa shape index (κ1) is 18.0. The number of hydrogen-bond acceptors (Lipinski definition) is 3. The van der Waals surface area contributed by atoms with Crippen LogP contribution in [0.4, 0.5) is 0 Å². The highest BCUT2D eigenvalue weighted by Gasteiger charge is 2.50. The summed E-state index contributed by atoms with van der Waals surface area (Å²) in [6.07, 6.45) is 0.598. The largest absolute Gasteiger partial charge is 0.297 e. The molecule has 138 valence electrons. The molecule has 0 aliphatic carbocycles. The molecule has 3 aromatic carbocycles. The minimum absolute atomic E-state index is 0.399. The molecule has 0 amide bonds. The van der Waals surface area contributed by atoms with Crippen LogP contribution in [0.3, 0.4) is 0 Å². The van der Waals surface area contributed by atoms with Crippen LogP contribution in [-0.2, 0) is 21.1 Å². The Morgan fingerprint density at radius 3 is 1.96 bits per heavy atom. The van der Waals surface area contributed by atoms with E-state index in [0.29, 0.717) is 17.9 Å². The van der Waals surface area contributed by atoms with Crippen LogP contribution in [0.2, 0.25) is 0 Å². The van der Waals surface area contributed by atoms with E-state index in [1.165, 1.54) is 5.56 Å². The van der Waals surface area contributed by atoms with Gasteiger partial charge in [-0.3, -0.25) is 4.90 Å². The molecule has 27 heavy (non-hydrogen) atoms. The number of likely N-dealkylation sites (tertiary alicyclic amines) is 1. The highest BCUT2D eigenvalue weighted by molar-refractivity contribution is 7.92. The van der Waals surface area contributed by atoms with Crippen molar-refractivity contribution in [3.8, 4) is 0 Å². The summed E-state index contributed by atoms with van der Waals surface area (Å²) in [5.41, 5.74) is 2.09. The van der Waals surface area contributed by atoms with E-state index < -0.39 is 14.6 Å². The van der Waals surface area contributed by atoms with Gasteiger partial charge < -0.3 is 0 Å². The van der Waals surface area contributed by atoms with Crippen molar-refractivity contribution in [2.45, 2.75) is 22.6 Å². The summed E-state index contributed by atoms with van der Waals surface area (Å²) in [6, 6.07) is 28.8. The third-order valence-corrected chi connectivity index (χ3v) is 7.92. The minimum atomic E-state index is -3.52. The standard InChI is InChI=1S/C23H23NO2S/c25-27(26,22-14-8-3-9-15-22)23(21-12-6-2-7-13-21)16-17-24(19-23)18-20-10-4-1-5-11-20/h1-15H,16-19H2. The van der Waals surface area contributed by atoms with Gasteiger partial charge in [0.25, 0.3) is 0 Å². The number of hydrogen-bond donors (Lipinski definition) is 0. The summed E-state index contributed by atoms with van der Waals surface area (Å²) in [4.78, 5) is 2.65. The number of nitrogens with zero attached hydrogens (tertiary/aromatic N) is 1. The molecule has 1 saturated heterocycles. The Kier molecular flexibility index (Phi) is 4.85. The molecule has 0 spiro atoms. The van der Waals surface area contributed by atoms with E-state index in [4.69, 9.17) is 0 Å². The van der Waals surface area contributed by atoms with Gasteiger partial charge >= 0.3 is 0 Å². The Labute approximate surface area is 161 Å². The van der Waals surface area contributed by atoms with Crippen LogP contribution < -0.4 is 0 Å². The van der Waals surface area contributed by atoms with Crippen molar-refractivity contribution < 1.29 is 8.42 Å². The third-order valence-electron chi connectivity index (χ3n) is 5.43. The molecule has 3 nitrogen and oxygen atoms in total. The Balaban J connectivity index is 1.73. The summed E-state index contributed by atoms with van der Waals surface area (Å²) in [6.45, 7) is 2.03. The van der Waals surface area contributed by atoms with Gasteiger partial charge in [-0.1, -0.05) is 78.9 Å².